The van der Waals surface area contributed by atoms with Gasteiger partial charge < -0.3 is 0 Å². The van der Waals surface area contributed by atoms with E-state index in [4.69, 9.17) is 0 Å². The number of hydrogen-bond donors (Lipinski definition) is 0. The molecule has 0 radical (unpaired) electrons. The summed E-state index contributed by atoms with van der Waals surface area (Å²) in [5, 5.41) is 0. The van der Waals surface area contributed by atoms with E-state index in [1.54, 1.807) is 10.0 Å². The van der Waals surface area contributed by atoms with Crippen LogP contribution in [0.3, 0.4) is 0 Å². The van der Waals surface area contributed by atoms with Crippen LogP contribution >= 0.6 is 0 Å². The first kappa shape index (κ1) is 13.6. The standard InChI is InChI=1S/C10H15.C5H7.Cr/c1-7-6-10(4,5)9(3)8(7)2;1-3-5-4-2;/h1-5H3;1,3-5H,2H3;. The summed E-state index contributed by atoms with van der Waals surface area (Å²) in [7, 11) is 0. The van der Waals surface area contributed by atoms with Gasteiger partial charge in [0.1, 0.15) is 0 Å². The van der Waals surface area contributed by atoms with Gasteiger partial charge in [0.2, 0.25) is 0 Å². The molecule has 0 nitrogen and oxygen atoms in total. The fourth-order valence-electron chi connectivity index (χ4n) is 2.06. The van der Waals surface area contributed by atoms with Crippen molar-refractivity contribution in [3.05, 3.63) is 44.3 Å². The Hall–Kier alpha value is -0.508. The van der Waals surface area contributed by atoms with Crippen molar-refractivity contribution in [3.8, 4) is 0 Å². The zero-order valence-electron chi connectivity index (χ0n) is 11.2. The van der Waals surface area contributed by atoms with Gasteiger partial charge in [-0.2, -0.15) is 0 Å². The van der Waals surface area contributed by atoms with Gasteiger partial charge in [-0.15, -0.1) is 0 Å². The van der Waals surface area contributed by atoms with Crippen molar-refractivity contribution in [3.63, 3.8) is 0 Å². The van der Waals surface area contributed by atoms with Gasteiger partial charge in [0.25, 0.3) is 0 Å². The molecular formula is C15H22Cr. The van der Waals surface area contributed by atoms with Crippen molar-refractivity contribution < 1.29 is 15.2 Å². The molecule has 0 bridgehead atoms. The quantitative estimate of drug-likeness (QED) is 0.634. The average Bonchev–Trinajstić information content (AvgIpc) is 2.38. The Morgan fingerprint density at radius 2 is 1.62 bits per heavy atom. The van der Waals surface area contributed by atoms with E-state index in [0.29, 0.717) is 15.2 Å². The summed E-state index contributed by atoms with van der Waals surface area (Å²) in [6.07, 6.45) is 6.34. The van der Waals surface area contributed by atoms with Gasteiger partial charge >= 0.3 is 106 Å². The molecule has 0 aromatic heterocycles. The van der Waals surface area contributed by atoms with Gasteiger partial charge in [-0.05, 0) is 0 Å². The molecule has 1 heteroatoms. The molecule has 0 fully saturated rings. The third kappa shape index (κ3) is 2.42. The summed E-state index contributed by atoms with van der Waals surface area (Å²) in [4.78, 5) is 2.32. The van der Waals surface area contributed by atoms with Crippen LogP contribution in [0.2, 0.25) is 0 Å². The maximum absolute atomic E-state index is 2.35. The Kier molecular flexibility index (Phi) is 4.42. The van der Waals surface area contributed by atoms with E-state index in [0.717, 1.165) is 0 Å². The molecule has 0 unspecified atom stereocenters. The molecule has 0 aliphatic heterocycles. The van der Waals surface area contributed by atoms with E-state index < -0.39 is 0 Å². The molecule has 0 amide bonds. The first-order valence-electron chi connectivity index (χ1n) is 5.77. The molecule has 0 saturated heterocycles. The molecule has 0 atom stereocenters. The number of allylic oxidation sites excluding steroid dienone is 7. The molecule has 0 aromatic rings. The van der Waals surface area contributed by atoms with Gasteiger partial charge in [-0.1, -0.05) is 0 Å². The third-order valence-corrected chi connectivity index (χ3v) is 5.64. The molecule has 88 valence electrons. The average molecular weight is 254 g/mol. The Labute approximate surface area is 107 Å². The molecule has 0 saturated carbocycles. The van der Waals surface area contributed by atoms with E-state index in [9.17, 15) is 0 Å². The fraction of sp³-hybridized carbons (Fsp3) is 0.467. The summed E-state index contributed by atoms with van der Waals surface area (Å²) in [5.74, 6) is 0. The zero-order valence-corrected chi connectivity index (χ0v) is 12.5. The number of rotatable bonds is 3. The second-order valence-electron chi connectivity index (χ2n) is 4.80. The van der Waals surface area contributed by atoms with Crippen LogP contribution in [0, 0.1) is 5.41 Å². The van der Waals surface area contributed by atoms with Crippen molar-refractivity contribution in [1.29, 1.82) is 0 Å². The van der Waals surface area contributed by atoms with Crippen LogP contribution in [0.25, 0.3) is 0 Å². The van der Waals surface area contributed by atoms with Gasteiger partial charge in [0.15, 0.2) is 0 Å². The molecule has 0 heterocycles. The van der Waals surface area contributed by atoms with E-state index in [2.05, 4.69) is 64.7 Å². The molecule has 0 aromatic carbocycles. The van der Waals surface area contributed by atoms with Crippen LogP contribution in [0.15, 0.2) is 44.3 Å². The second kappa shape index (κ2) is 5.21. The molecule has 1 rings (SSSR count). The number of hydrogen-bond acceptors (Lipinski definition) is 0. The third-order valence-electron chi connectivity index (χ3n) is 3.54. The SMILES string of the molecule is CC=CC=[CH][Cr][C]1=C(C)C(C)=C(C)C1(C)C. The Balaban J connectivity index is 2.91. The summed E-state index contributed by atoms with van der Waals surface area (Å²) in [5.41, 5.74) is 4.84. The summed E-state index contributed by atoms with van der Waals surface area (Å²) < 4.78 is 1.63. The van der Waals surface area contributed by atoms with Crippen LogP contribution in [0.5, 0.6) is 0 Å². The van der Waals surface area contributed by atoms with Crippen molar-refractivity contribution in [2.24, 2.45) is 5.41 Å². The van der Waals surface area contributed by atoms with Crippen molar-refractivity contribution in [1.82, 2.24) is 0 Å². The predicted molar refractivity (Wildman–Crippen MR) is 68.8 cm³/mol. The zero-order chi connectivity index (χ0) is 12.3. The first-order chi connectivity index (χ1) is 7.42. The van der Waals surface area contributed by atoms with E-state index in [1.807, 2.05) is 0 Å². The predicted octanol–water partition coefficient (Wildman–Crippen LogP) is 4.81. The molecule has 16 heavy (non-hydrogen) atoms. The van der Waals surface area contributed by atoms with E-state index in [1.165, 1.54) is 11.1 Å². The molecule has 0 spiro atoms. The van der Waals surface area contributed by atoms with Crippen molar-refractivity contribution >= 4 is 0 Å². The van der Waals surface area contributed by atoms with Crippen molar-refractivity contribution in [2.75, 3.05) is 0 Å². The summed E-state index contributed by atoms with van der Waals surface area (Å²) >= 11 is 0.478. The second-order valence-corrected chi connectivity index (χ2v) is 6.23. The Morgan fingerprint density at radius 3 is 2.06 bits per heavy atom. The summed E-state index contributed by atoms with van der Waals surface area (Å²) in [6.45, 7) is 13.6. The van der Waals surface area contributed by atoms with Gasteiger partial charge in [0.05, 0.1) is 0 Å². The minimum atomic E-state index is 0.272. The normalized spacial score (nSPS) is 20.9. The first-order valence-corrected chi connectivity index (χ1v) is 7.14. The van der Waals surface area contributed by atoms with Crippen LogP contribution in [0.1, 0.15) is 41.5 Å². The van der Waals surface area contributed by atoms with Gasteiger partial charge in [0, 0.05) is 0 Å². The Morgan fingerprint density at radius 1 is 1.00 bits per heavy atom. The molecule has 1 aliphatic rings. The van der Waals surface area contributed by atoms with E-state index >= 15 is 0 Å². The molecular weight excluding hydrogens is 232 g/mol. The van der Waals surface area contributed by atoms with Crippen LogP contribution in [-0.4, -0.2) is 0 Å². The van der Waals surface area contributed by atoms with Gasteiger partial charge in [-0.3, -0.25) is 0 Å². The maximum atomic E-state index is 2.35. The monoisotopic (exact) mass is 254 g/mol. The summed E-state index contributed by atoms with van der Waals surface area (Å²) in [6, 6.07) is 0. The fourth-order valence-corrected chi connectivity index (χ4v) is 3.75. The van der Waals surface area contributed by atoms with Crippen LogP contribution in [0.4, 0.5) is 0 Å². The van der Waals surface area contributed by atoms with Crippen LogP contribution < -0.4 is 0 Å². The van der Waals surface area contributed by atoms with Gasteiger partial charge in [-0.25, -0.2) is 0 Å². The topological polar surface area (TPSA) is 0 Å². The van der Waals surface area contributed by atoms with E-state index in [-0.39, 0.29) is 5.41 Å². The van der Waals surface area contributed by atoms with Crippen molar-refractivity contribution in [2.45, 2.75) is 41.5 Å². The minimum absolute atomic E-state index is 0.272. The molecule has 0 N–H and O–H groups in total. The van der Waals surface area contributed by atoms with Crippen LogP contribution in [-0.2, 0) is 15.2 Å². The molecule has 1 aliphatic carbocycles. The Bertz CT molecular complexity index is 390.